The summed E-state index contributed by atoms with van der Waals surface area (Å²) in [5.74, 6) is 0.391. The molecule has 3 rings (SSSR count). The quantitative estimate of drug-likeness (QED) is 0.675. The minimum atomic E-state index is -0.812. The van der Waals surface area contributed by atoms with Gasteiger partial charge in [0.15, 0.2) is 11.0 Å². The van der Waals surface area contributed by atoms with Crippen LogP contribution < -0.4 is 0 Å². The van der Waals surface area contributed by atoms with Crippen molar-refractivity contribution >= 4 is 17.7 Å². The number of carboxylic acids is 1. The van der Waals surface area contributed by atoms with E-state index in [0.717, 1.165) is 17.1 Å². The minimum Gasteiger partial charge on any atom is -0.481 e. The third-order valence-corrected chi connectivity index (χ3v) is 4.71. The predicted octanol–water partition coefficient (Wildman–Crippen LogP) is 4.12. The van der Waals surface area contributed by atoms with Crippen molar-refractivity contribution < 1.29 is 9.90 Å². The molecule has 0 fully saturated rings. The Balaban J connectivity index is 2.02. The number of carbonyl (C=O) groups is 1. The molecule has 0 saturated carbocycles. The van der Waals surface area contributed by atoms with Crippen molar-refractivity contribution in [2.45, 2.75) is 25.4 Å². The van der Waals surface area contributed by atoms with E-state index in [1.807, 2.05) is 66.9 Å². The van der Waals surface area contributed by atoms with E-state index in [9.17, 15) is 4.79 Å². The lowest BCUT2D eigenvalue weighted by Crippen LogP contribution is -2.01. The molecule has 2 aromatic carbocycles. The lowest BCUT2D eigenvalue weighted by molar-refractivity contribution is -0.136. The largest absolute Gasteiger partial charge is 0.481 e. The van der Waals surface area contributed by atoms with Gasteiger partial charge < -0.3 is 5.11 Å². The molecule has 0 amide bonds. The van der Waals surface area contributed by atoms with E-state index in [2.05, 4.69) is 10.2 Å². The van der Waals surface area contributed by atoms with Crippen LogP contribution in [0.15, 0.2) is 53.7 Å². The first-order chi connectivity index (χ1) is 12.0. The van der Waals surface area contributed by atoms with Gasteiger partial charge in [0, 0.05) is 17.0 Å². The maximum atomic E-state index is 10.8. The molecule has 0 aliphatic carbocycles. The number of rotatable bonds is 6. The van der Waals surface area contributed by atoms with Crippen molar-refractivity contribution in [3.63, 3.8) is 0 Å². The summed E-state index contributed by atoms with van der Waals surface area (Å²) in [5.41, 5.74) is 4.29. The van der Waals surface area contributed by atoms with Crippen LogP contribution in [0.3, 0.4) is 0 Å². The molecule has 0 radical (unpaired) electrons. The Labute approximate surface area is 150 Å². The first-order valence-electron chi connectivity index (χ1n) is 7.98. The maximum Gasteiger partial charge on any atom is 0.304 e. The number of hydrogen-bond donors (Lipinski definition) is 1. The molecular formula is C19H19N3O2S. The predicted molar refractivity (Wildman–Crippen MR) is 99.2 cm³/mol. The summed E-state index contributed by atoms with van der Waals surface area (Å²) >= 11 is 1.40. The first kappa shape index (κ1) is 17.2. The number of aryl methyl sites for hydroxylation is 2. The van der Waals surface area contributed by atoms with E-state index >= 15 is 0 Å². The van der Waals surface area contributed by atoms with Crippen LogP contribution in [-0.2, 0) is 4.79 Å². The molecule has 0 aliphatic heterocycles. The highest BCUT2D eigenvalue weighted by molar-refractivity contribution is 7.99. The molecular weight excluding hydrogens is 334 g/mol. The second-order valence-corrected chi connectivity index (χ2v) is 6.90. The second kappa shape index (κ2) is 7.53. The average Bonchev–Trinajstić information content (AvgIpc) is 3.00. The van der Waals surface area contributed by atoms with Gasteiger partial charge in [0.05, 0.1) is 6.42 Å². The highest BCUT2D eigenvalue weighted by atomic mass is 32.2. The number of thioether (sulfide) groups is 1. The lowest BCUT2D eigenvalue weighted by atomic mass is 10.1. The van der Waals surface area contributed by atoms with Crippen LogP contribution in [-0.4, -0.2) is 31.6 Å². The fourth-order valence-corrected chi connectivity index (χ4v) is 3.29. The summed E-state index contributed by atoms with van der Waals surface area (Å²) in [5, 5.41) is 18.2. The van der Waals surface area contributed by atoms with Gasteiger partial charge in [-0.05, 0) is 26.0 Å². The van der Waals surface area contributed by atoms with Crippen molar-refractivity contribution in [2.75, 3.05) is 5.75 Å². The summed E-state index contributed by atoms with van der Waals surface area (Å²) in [6, 6.07) is 16.3. The second-order valence-electron chi connectivity index (χ2n) is 5.84. The van der Waals surface area contributed by atoms with Crippen molar-refractivity contribution in [2.24, 2.45) is 0 Å². The van der Waals surface area contributed by atoms with Gasteiger partial charge in [0.1, 0.15) is 0 Å². The topological polar surface area (TPSA) is 68.0 Å². The molecule has 1 aromatic heterocycles. The number of aliphatic carboxylic acids is 1. The molecule has 0 bridgehead atoms. The molecule has 0 saturated heterocycles. The van der Waals surface area contributed by atoms with Crippen molar-refractivity contribution in [3.8, 4) is 17.1 Å². The Morgan fingerprint density at radius 2 is 1.60 bits per heavy atom. The Hall–Kier alpha value is -2.60. The SMILES string of the molecule is Cc1ccc(-c2nnc(SCCC(=O)O)n2-c2ccc(C)cc2)cc1. The summed E-state index contributed by atoms with van der Waals surface area (Å²) in [6.07, 6.45) is 0.0886. The molecule has 6 heteroatoms. The smallest absolute Gasteiger partial charge is 0.304 e. The molecule has 5 nitrogen and oxygen atoms in total. The summed E-state index contributed by atoms with van der Waals surface area (Å²) < 4.78 is 1.98. The van der Waals surface area contributed by atoms with Gasteiger partial charge in [-0.15, -0.1) is 10.2 Å². The average molecular weight is 353 g/mol. The van der Waals surface area contributed by atoms with E-state index < -0.39 is 5.97 Å². The molecule has 0 unspecified atom stereocenters. The molecule has 1 N–H and O–H groups in total. The van der Waals surface area contributed by atoms with Gasteiger partial charge >= 0.3 is 5.97 Å². The monoisotopic (exact) mass is 353 g/mol. The maximum absolute atomic E-state index is 10.8. The molecule has 0 spiro atoms. The first-order valence-corrected chi connectivity index (χ1v) is 8.97. The highest BCUT2D eigenvalue weighted by Gasteiger charge is 2.16. The van der Waals surface area contributed by atoms with Crippen molar-refractivity contribution in [3.05, 3.63) is 59.7 Å². The van der Waals surface area contributed by atoms with Crippen LogP contribution in [0.2, 0.25) is 0 Å². The molecule has 3 aromatic rings. The number of aromatic nitrogens is 3. The van der Waals surface area contributed by atoms with Gasteiger partial charge in [-0.25, -0.2) is 0 Å². The number of nitrogens with zero attached hydrogens (tertiary/aromatic N) is 3. The Bertz CT molecular complexity index is 871. The molecule has 128 valence electrons. The minimum absolute atomic E-state index is 0.0886. The lowest BCUT2D eigenvalue weighted by Gasteiger charge is -2.10. The third kappa shape index (κ3) is 4.09. The fourth-order valence-electron chi connectivity index (χ4n) is 2.41. The third-order valence-electron chi connectivity index (χ3n) is 3.78. The van der Waals surface area contributed by atoms with Crippen molar-refractivity contribution in [1.29, 1.82) is 0 Å². The zero-order valence-corrected chi connectivity index (χ0v) is 15.0. The molecule has 1 heterocycles. The molecule has 25 heavy (non-hydrogen) atoms. The Kier molecular flexibility index (Phi) is 5.19. The highest BCUT2D eigenvalue weighted by Crippen LogP contribution is 2.28. The summed E-state index contributed by atoms with van der Waals surface area (Å²) in [6.45, 7) is 4.08. The van der Waals surface area contributed by atoms with Gasteiger partial charge in [-0.3, -0.25) is 9.36 Å². The van der Waals surface area contributed by atoms with E-state index in [1.165, 1.54) is 22.9 Å². The fraction of sp³-hybridized carbons (Fsp3) is 0.211. The normalized spacial score (nSPS) is 10.8. The van der Waals surface area contributed by atoms with E-state index in [0.29, 0.717) is 10.9 Å². The number of benzene rings is 2. The van der Waals surface area contributed by atoms with Crippen molar-refractivity contribution in [1.82, 2.24) is 14.8 Å². The van der Waals surface area contributed by atoms with Gasteiger partial charge in [-0.1, -0.05) is 59.3 Å². The van der Waals surface area contributed by atoms with E-state index in [4.69, 9.17) is 5.11 Å². The summed E-state index contributed by atoms with van der Waals surface area (Å²) in [4.78, 5) is 10.8. The van der Waals surface area contributed by atoms with E-state index in [-0.39, 0.29) is 6.42 Å². The Morgan fingerprint density at radius 1 is 1.00 bits per heavy atom. The molecule has 0 aliphatic rings. The zero-order valence-electron chi connectivity index (χ0n) is 14.1. The van der Waals surface area contributed by atoms with Crippen LogP contribution in [0.5, 0.6) is 0 Å². The van der Waals surface area contributed by atoms with Crippen LogP contribution in [0.4, 0.5) is 0 Å². The number of carboxylic acid groups (broad SMARTS) is 1. The zero-order chi connectivity index (χ0) is 17.8. The van der Waals surface area contributed by atoms with Gasteiger partial charge in [0.2, 0.25) is 0 Å². The van der Waals surface area contributed by atoms with Gasteiger partial charge in [0.25, 0.3) is 0 Å². The van der Waals surface area contributed by atoms with Crippen LogP contribution in [0.25, 0.3) is 17.1 Å². The standard InChI is InChI=1S/C19H19N3O2S/c1-13-3-7-15(8-4-13)18-20-21-19(25-12-11-17(23)24)22(18)16-9-5-14(2)6-10-16/h3-10H,11-12H2,1-2H3,(H,23,24). The van der Waals surface area contributed by atoms with E-state index in [1.54, 1.807) is 0 Å². The Morgan fingerprint density at radius 3 is 2.20 bits per heavy atom. The molecule has 0 atom stereocenters. The number of hydrogen-bond acceptors (Lipinski definition) is 4. The van der Waals surface area contributed by atoms with Crippen LogP contribution >= 0.6 is 11.8 Å². The van der Waals surface area contributed by atoms with Gasteiger partial charge in [-0.2, -0.15) is 0 Å². The summed E-state index contributed by atoms with van der Waals surface area (Å²) in [7, 11) is 0. The van der Waals surface area contributed by atoms with Crippen LogP contribution in [0.1, 0.15) is 17.5 Å². The van der Waals surface area contributed by atoms with Crippen LogP contribution in [0, 0.1) is 13.8 Å².